The molecule has 0 fully saturated rings. The molecule has 0 amide bonds. The molecular weight excluding hydrogens is 232 g/mol. The Morgan fingerprint density at radius 1 is 1.12 bits per heavy atom. The van der Waals surface area contributed by atoms with Crippen molar-refractivity contribution < 1.29 is 4.74 Å². The summed E-state index contributed by atoms with van der Waals surface area (Å²) in [6.07, 6.45) is 3.57. The molecule has 0 spiro atoms. The molecule has 0 bridgehead atoms. The van der Waals surface area contributed by atoms with E-state index >= 15 is 0 Å². The summed E-state index contributed by atoms with van der Waals surface area (Å²) in [5.74, 6) is 1.38. The van der Waals surface area contributed by atoms with E-state index < -0.39 is 0 Å². The van der Waals surface area contributed by atoms with Crippen molar-refractivity contribution in [3.63, 3.8) is 0 Å². The van der Waals surface area contributed by atoms with Crippen molar-refractivity contribution >= 4 is 11.8 Å². The molecule has 1 aromatic heterocycles. The first-order chi connectivity index (χ1) is 8.31. The lowest BCUT2D eigenvalue weighted by molar-refractivity contribution is 0.480. The smallest absolute Gasteiger partial charge is 0.145 e. The van der Waals surface area contributed by atoms with Crippen LogP contribution in [0.2, 0.25) is 0 Å². The van der Waals surface area contributed by atoms with Crippen LogP contribution in [0, 0.1) is 11.3 Å². The zero-order valence-electron chi connectivity index (χ0n) is 9.25. The first-order valence-electron chi connectivity index (χ1n) is 5.00. The Balaban J connectivity index is 2.11. The van der Waals surface area contributed by atoms with Crippen molar-refractivity contribution in [3.8, 4) is 17.6 Å². The lowest BCUT2D eigenvalue weighted by Gasteiger charge is -2.05. The maximum Gasteiger partial charge on any atom is 0.145 e. The number of rotatable bonds is 3. The van der Waals surface area contributed by atoms with Gasteiger partial charge >= 0.3 is 0 Å². The summed E-state index contributed by atoms with van der Waals surface area (Å²) in [7, 11) is 0. The van der Waals surface area contributed by atoms with Gasteiger partial charge in [-0.3, -0.25) is 0 Å². The number of ether oxygens (including phenoxy) is 1. The molecule has 0 saturated heterocycles. The van der Waals surface area contributed by atoms with Crippen molar-refractivity contribution in [1.82, 2.24) is 4.98 Å². The fraction of sp³-hybridized carbons (Fsp3) is 0.0769. The molecule has 84 valence electrons. The van der Waals surface area contributed by atoms with Crippen LogP contribution in [-0.2, 0) is 0 Å². The molecule has 3 nitrogen and oxygen atoms in total. The Morgan fingerprint density at radius 3 is 2.35 bits per heavy atom. The average molecular weight is 242 g/mol. The van der Waals surface area contributed by atoms with Gasteiger partial charge in [-0.05, 0) is 42.7 Å². The third kappa shape index (κ3) is 2.99. The highest BCUT2D eigenvalue weighted by atomic mass is 32.2. The summed E-state index contributed by atoms with van der Waals surface area (Å²) in [5, 5.41) is 8.62. The number of pyridine rings is 1. The normalized spacial score (nSPS) is 9.65. The Labute approximate surface area is 104 Å². The molecule has 4 heteroatoms. The number of hydrogen-bond donors (Lipinski definition) is 0. The number of aromatic nitrogens is 1. The van der Waals surface area contributed by atoms with E-state index in [1.54, 1.807) is 30.1 Å². The molecule has 2 rings (SSSR count). The van der Waals surface area contributed by atoms with Crippen LogP contribution in [0.3, 0.4) is 0 Å². The minimum atomic E-state index is 0.384. The number of hydrogen-bond acceptors (Lipinski definition) is 4. The van der Waals surface area contributed by atoms with E-state index in [1.807, 2.05) is 36.6 Å². The van der Waals surface area contributed by atoms with Crippen LogP contribution in [-0.4, -0.2) is 11.2 Å². The van der Waals surface area contributed by atoms with E-state index in [4.69, 9.17) is 10.00 Å². The minimum absolute atomic E-state index is 0.384. The van der Waals surface area contributed by atoms with E-state index in [1.165, 1.54) is 4.90 Å². The second-order valence-corrected chi connectivity index (χ2v) is 4.15. The maximum absolute atomic E-state index is 8.62. The molecule has 17 heavy (non-hydrogen) atoms. The molecular formula is C13H10N2OS. The lowest BCUT2D eigenvalue weighted by atomic mass is 10.3. The summed E-state index contributed by atoms with van der Waals surface area (Å²) in [6.45, 7) is 0. The van der Waals surface area contributed by atoms with Crippen LogP contribution in [0.4, 0.5) is 0 Å². The van der Waals surface area contributed by atoms with Gasteiger partial charge in [0.2, 0.25) is 0 Å². The van der Waals surface area contributed by atoms with Gasteiger partial charge < -0.3 is 4.74 Å². The first kappa shape index (κ1) is 11.5. The van der Waals surface area contributed by atoms with Gasteiger partial charge in [0.1, 0.15) is 23.3 Å². The summed E-state index contributed by atoms with van der Waals surface area (Å²) >= 11 is 1.68. The van der Waals surface area contributed by atoms with Crippen LogP contribution in [0.5, 0.6) is 11.5 Å². The van der Waals surface area contributed by atoms with Crippen molar-refractivity contribution in [1.29, 1.82) is 5.26 Å². The van der Waals surface area contributed by atoms with Crippen LogP contribution >= 0.6 is 11.8 Å². The Kier molecular flexibility index (Phi) is 3.63. The fourth-order valence-electron chi connectivity index (χ4n) is 1.29. The zero-order valence-corrected chi connectivity index (χ0v) is 10.1. The molecule has 1 aromatic carbocycles. The summed E-state index contributed by atoms with van der Waals surface area (Å²) in [6, 6.07) is 13.1. The Hall–Kier alpha value is -1.99. The molecule has 0 aliphatic heterocycles. The third-order valence-corrected chi connectivity index (χ3v) is 2.89. The molecule has 0 aliphatic rings. The SMILES string of the molecule is CSc1ccc(Oc2ccc(C#N)nc2)cc1. The second kappa shape index (κ2) is 5.37. The highest BCUT2D eigenvalue weighted by Gasteiger charge is 1.98. The van der Waals surface area contributed by atoms with Gasteiger partial charge in [0.15, 0.2) is 0 Å². The van der Waals surface area contributed by atoms with E-state index in [-0.39, 0.29) is 0 Å². The molecule has 0 aliphatic carbocycles. The second-order valence-electron chi connectivity index (χ2n) is 3.27. The zero-order chi connectivity index (χ0) is 12.1. The van der Waals surface area contributed by atoms with Gasteiger partial charge in [-0.15, -0.1) is 11.8 Å². The van der Waals surface area contributed by atoms with E-state index in [2.05, 4.69) is 4.98 Å². The highest BCUT2D eigenvalue weighted by Crippen LogP contribution is 2.23. The molecule has 0 radical (unpaired) electrons. The predicted octanol–water partition coefficient (Wildman–Crippen LogP) is 3.47. The van der Waals surface area contributed by atoms with E-state index in [9.17, 15) is 0 Å². The van der Waals surface area contributed by atoms with E-state index in [0.717, 1.165) is 5.75 Å². The molecule has 0 N–H and O–H groups in total. The van der Waals surface area contributed by atoms with Crippen LogP contribution < -0.4 is 4.74 Å². The third-order valence-electron chi connectivity index (χ3n) is 2.15. The molecule has 0 atom stereocenters. The minimum Gasteiger partial charge on any atom is -0.456 e. The van der Waals surface area contributed by atoms with Gasteiger partial charge in [0.05, 0.1) is 6.20 Å². The largest absolute Gasteiger partial charge is 0.456 e. The molecule has 1 heterocycles. The van der Waals surface area contributed by atoms with Crippen LogP contribution in [0.1, 0.15) is 5.69 Å². The van der Waals surface area contributed by atoms with Gasteiger partial charge in [-0.25, -0.2) is 4.98 Å². The quantitative estimate of drug-likeness (QED) is 0.773. The number of nitrogens with zero attached hydrogens (tertiary/aromatic N) is 2. The predicted molar refractivity (Wildman–Crippen MR) is 67.2 cm³/mol. The summed E-state index contributed by atoms with van der Waals surface area (Å²) < 4.78 is 5.60. The summed E-state index contributed by atoms with van der Waals surface area (Å²) in [4.78, 5) is 5.13. The molecule has 2 aromatic rings. The van der Waals surface area contributed by atoms with Crippen molar-refractivity contribution in [3.05, 3.63) is 48.3 Å². The molecule has 0 saturated carbocycles. The van der Waals surface area contributed by atoms with Gasteiger partial charge in [0.25, 0.3) is 0 Å². The number of nitriles is 1. The lowest BCUT2D eigenvalue weighted by Crippen LogP contribution is -1.87. The monoisotopic (exact) mass is 242 g/mol. The highest BCUT2D eigenvalue weighted by molar-refractivity contribution is 7.98. The summed E-state index contributed by atoms with van der Waals surface area (Å²) in [5.41, 5.74) is 0.384. The van der Waals surface area contributed by atoms with Crippen LogP contribution in [0.25, 0.3) is 0 Å². The van der Waals surface area contributed by atoms with Gasteiger partial charge in [0, 0.05) is 4.90 Å². The Bertz CT molecular complexity index is 529. The van der Waals surface area contributed by atoms with Crippen molar-refractivity contribution in [2.75, 3.05) is 6.26 Å². The first-order valence-corrected chi connectivity index (χ1v) is 6.22. The Morgan fingerprint density at radius 2 is 1.82 bits per heavy atom. The average Bonchev–Trinajstić information content (AvgIpc) is 2.40. The van der Waals surface area contributed by atoms with E-state index in [0.29, 0.717) is 11.4 Å². The van der Waals surface area contributed by atoms with Crippen molar-refractivity contribution in [2.24, 2.45) is 0 Å². The van der Waals surface area contributed by atoms with Crippen LogP contribution in [0.15, 0.2) is 47.5 Å². The van der Waals surface area contributed by atoms with Crippen molar-refractivity contribution in [2.45, 2.75) is 4.90 Å². The standard InChI is InChI=1S/C13H10N2OS/c1-17-13-6-4-11(5-7-13)16-12-3-2-10(8-14)15-9-12/h2-7,9H,1H3. The maximum atomic E-state index is 8.62. The molecule has 0 unspecified atom stereocenters. The topological polar surface area (TPSA) is 45.9 Å². The van der Waals surface area contributed by atoms with Gasteiger partial charge in [-0.2, -0.15) is 5.26 Å². The van der Waals surface area contributed by atoms with Gasteiger partial charge in [-0.1, -0.05) is 0 Å². The number of thioether (sulfide) groups is 1. The fourth-order valence-corrected chi connectivity index (χ4v) is 1.69. The number of benzene rings is 1.